The van der Waals surface area contributed by atoms with Crippen molar-refractivity contribution in [3.05, 3.63) is 27.8 Å². The van der Waals surface area contributed by atoms with Gasteiger partial charge in [-0.1, -0.05) is 13.8 Å². The quantitative estimate of drug-likeness (QED) is 0.659. The van der Waals surface area contributed by atoms with Gasteiger partial charge in [-0.05, 0) is 12.8 Å². The molecular formula is C13H16N2O5. The van der Waals surface area contributed by atoms with Gasteiger partial charge in [0.2, 0.25) is 6.79 Å². The monoisotopic (exact) mass is 280 g/mol. The van der Waals surface area contributed by atoms with Crippen LogP contribution in [0.5, 0.6) is 11.5 Å². The standard InChI is InChI=1S/C13H16N2O5/c1-3-8(4-2)14-13(16)9-5-11-12(20-7-19-11)6-10(9)15(17)18/h5-6,8H,3-4,7H2,1-2H3,(H,14,16). The third-order valence-electron chi connectivity index (χ3n) is 3.25. The minimum absolute atomic E-state index is 0.00407. The molecule has 1 amide bonds. The molecule has 0 fully saturated rings. The number of carbonyl (C=O) groups excluding carboxylic acids is 1. The van der Waals surface area contributed by atoms with Crippen LogP contribution < -0.4 is 14.8 Å². The van der Waals surface area contributed by atoms with Gasteiger partial charge in [0.1, 0.15) is 5.56 Å². The van der Waals surface area contributed by atoms with Gasteiger partial charge in [0.25, 0.3) is 11.6 Å². The first-order valence-electron chi connectivity index (χ1n) is 6.45. The number of amides is 1. The van der Waals surface area contributed by atoms with Crippen LogP contribution in [-0.2, 0) is 0 Å². The number of hydrogen-bond acceptors (Lipinski definition) is 5. The molecular weight excluding hydrogens is 264 g/mol. The van der Waals surface area contributed by atoms with E-state index in [0.29, 0.717) is 5.75 Å². The molecule has 0 unspecified atom stereocenters. The second kappa shape index (κ2) is 5.77. The Morgan fingerprint density at radius 2 is 1.95 bits per heavy atom. The maximum atomic E-state index is 12.2. The predicted octanol–water partition coefficient (Wildman–Crippen LogP) is 2.24. The number of fused-ring (bicyclic) bond motifs is 1. The first-order chi connectivity index (χ1) is 9.56. The van der Waals surface area contributed by atoms with Gasteiger partial charge >= 0.3 is 0 Å². The average molecular weight is 280 g/mol. The summed E-state index contributed by atoms with van der Waals surface area (Å²) in [4.78, 5) is 22.7. The fourth-order valence-electron chi connectivity index (χ4n) is 2.02. The van der Waals surface area contributed by atoms with Crippen LogP contribution >= 0.6 is 0 Å². The molecule has 0 bridgehead atoms. The van der Waals surface area contributed by atoms with Gasteiger partial charge in [-0.2, -0.15) is 0 Å². The van der Waals surface area contributed by atoms with E-state index in [1.165, 1.54) is 12.1 Å². The molecule has 7 heteroatoms. The Kier molecular flexibility index (Phi) is 4.07. The zero-order valence-electron chi connectivity index (χ0n) is 11.3. The van der Waals surface area contributed by atoms with Crippen molar-refractivity contribution < 1.29 is 19.2 Å². The third-order valence-corrected chi connectivity index (χ3v) is 3.25. The maximum Gasteiger partial charge on any atom is 0.286 e. The molecule has 1 aliphatic heterocycles. The number of nitro groups is 1. The number of nitro benzene ring substituents is 1. The number of nitrogens with zero attached hydrogens (tertiary/aromatic N) is 1. The lowest BCUT2D eigenvalue weighted by Gasteiger charge is -2.14. The molecule has 0 saturated carbocycles. The Bertz CT molecular complexity index is 540. The molecule has 20 heavy (non-hydrogen) atoms. The lowest BCUT2D eigenvalue weighted by Crippen LogP contribution is -2.34. The van der Waals surface area contributed by atoms with E-state index >= 15 is 0 Å². The van der Waals surface area contributed by atoms with Gasteiger partial charge in [-0.25, -0.2) is 0 Å². The summed E-state index contributed by atoms with van der Waals surface area (Å²) in [7, 11) is 0. The molecule has 0 aliphatic carbocycles. The van der Waals surface area contributed by atoms with Crippen molar-refractivity contribution in [3.63, 3.8) is 0 Å². The van der Waals surface area contributed by atoms with Crippen molar-refractivity contribution in [1.82, 2.24) is 5.32 Å². The van der Waals surface area contributed by atoms with Crippen molar-refractivity contribution in [2.45, 2.75) is 32.7 Å². The minimum Gasteiger partial charge on any atom is -0.454 e. The molecule has 108 valence electrons. The van der Waals surface area contributed by atoms with Crippen LogP contribution in [0.3, 0.4) is 0 Å². The summed E-state index contributed by atoms with van der Waals surface area (Å²) < 4.78 is 10.2. The first kappa shape index (κ1) is 14.1. The van der Waals surface area contributed by atoms with Crippen molar-refractivity contribution >= 4 is 11.6 Å². The van der Waals surface area contributed by atoms with E-state index in [2.05, 4.69) is 5.32 Å². The van der Waals surface area contributed by atoms with Crippen molar-refractivity contribution in [2.75, 3.05) is 6.79 Å². The molecule has 1 heterocycles. The van der Waals surface area contributed by atoms with Crippen molar-refractivity contribution in [3.8, 4) is 11.5 Å². The molecule has 2 rings (SSSR count). The summed E-state index contributed by atoms with van der Waals surface area (Å²) in [5, 5.41) is 13.9. The predicted molar refractivity (Wildman–Crippen MR) is 71.1 cm³/mol. The number of carbonyl (C=O) groups is 1. The van der Waals surface area contributed by atoms with Gasteiger partial charge < -0.3 is 14.8 Å². The van der Waals surface area contributed by atoms with Crippen LogP contribution in [0.4, 0.5) is 5.69 Å². The van der Waals surface area contributed by atoms with E-state index in [9.17, 15) is 14.9 Å². The lowest BCUT2D eigenvalue weighted by molar-refractivity contribution is -0.385. The molecule has 0 spiro atoms. The van der Waals surface area contributed by atoms with E-state index in [0.717, 1.165) is 12.8 Å². The molecule has 1 aliphatic rings. The second-order valence-corrected chi connectivity index (χ2v) is 4.47. The summed E-state index contributed by atoms with van der Waals surface area (Å²) in [6.45, 7) is 3.90. The van der Waals surface area contributed by atoms with Crippen LogP contribution in [0, 0.1) is 10.1 Å². The van der Waals surface area contributed by atoms with E-state index < -0.39 is 10.8 Å². The molecule has 7 nitrogen and oxygen atoms in total. The molecule has 0 saturated heterocycles. The topological polar surface area (TPSA) is 90.7 Å². The molecule has 0 atom stereocenters. The molecule has 0 radical (unpaired) electrons. The average Bonchev–Trinajstić information content (AvgIpc) is 2.90. The highest BCUT2D eigenvalue weighted by atomic mass is 16.7. The van der Waals surface area contributed by atoms with E-state index in [1.54, 1.807) is 0 Å². The normalized spacial score (nSPS) is 12.6. The zero-order chi connectivity index (χ0) is 14.7. The highest BCUT2D eigenvalue weighted by Crippen LogP contribution is 2.37. The summed E-state index contributed by atoms with van der Waals surface area (Å²) >= 11 is 0. The Hall–Kier alpha value is -2.31. The van der Waals surface area contributed by atoms with Crippen LogP contribution in [-0.4, -0.2) is 23.7 Å². The fraction of sp³-hybridized carbons (Fsp3) is 0.462. The zero-order valence-corrected chi connectivity index (χ0v) is 11.3. The largest absolute Gasteiger partial charge is 0.454 e. The Balaban J connectivity index is 2.34. The van der Waals surface area contributed by atoms with Gasteiger partial charge in [-0.15, -0.1) is 0 Å². The van der Waals surface area contributed by atoms with E-state index in [-0.39, 0.29) is 29.8 Å². The summed E-state index contributed by atoms with van der Waals surface area (Å²) in [6.07, 6.45) is 1.53. The smallest absolute Gasteiger partial charge is 0.286 e. The maximum absolute atomic E-state index is 12.2. The highest BCUT2D eigenvalue weighted by Gasteiger charge is 2.27. The second-order valence-electron chi connectivity index (χ2n) is 4.47. The van der Waals surface area contributed by atoms with Gasteiger partial charge in [0.05, 0.1) is 11.0 Å². The number of ether oxygens (including phenoxy) is 2. The lowest BCUT2D eigenvalue weighted by atomic mass is 10.1. The van der Waals surface area contributed by atoms with Crippen LogP contribution in [0.1, 0.15) is 37.0 Å². The van der Waals surface area contributed by atoms with Crippen LogP contribution in [0.25, 0.3) is 0 Å². The Morgan fingerprint density at radius 1 is 1.35 bits per heavy atom. The third kappa shape index (κ3) is 2.66. The van der Waals surface area contributed by atoms with Gasteiger partial charge in [0, 0.05) is 12.1 Å². The summed E-state index contributed by atoms with van der Waals surface area (Å²) in [5.74, 6) is 0.171. The molecule has 0 aromatic heterocycles. The van der Waals surface area contributed by atoms with Gasteiger partial charge in [0.15, 0.2) is 11.5 Å². The molecule has 1 aromatic carbocycles. The van der Waals surface area contributed by atoms with Crippen LogP contribution in [0.2, 0.25) is 0 Å². The number of nitrogens with one attached hydrogen (secondary N) is 1. The SMILES string of the molecule is CCC(CC)NC(=O)c1cc2c(cc1[N+](=O)[O-])OCO2. The van der Waals surface area contributed by atoms with Gasteiger partial charge in [-0.3, -0.25) is 14.9 Å². The minimum atomic E-state index is -0.593. The fourth-order valence-corrected chi connectivity index (χ4v) is 2.02. The highest BCUT2D eigenvalue weighted by molar-refractivity contribution is 5.99. The van der Waals surface area contributed by atoms with Crippen LogP contribution in [0.15, 0.2) is 12.1 Å². The van der Waals surface area contributed by atoms with E-state index in [1.807, 2.05) is 13.8 Å². The summed E-state index contributed by atoms with van der Waals surface area (Å²) in [5.41, 5.74) is -0.288. The molecule has 1 aromatic rings. The van der Waals surface area contributed by atoms with E-state index in [4.69, 9.17) is 9.47 Å². The summed E-state index contributed by atoms with van der Waals surface area (Å²) in [6, 6.07) is 2.58. The number of hydrogen-bond donors (Lipinski definition) is 1. The number of rotatable bonds is 5. The Morgan fingerprint density at radius 3 is 2.50 bits per heavy atom. The van der Waals surface area contributed by atoms with Crippen molar-refractivity contribution in [2.24, 2.45) is 0 Å². The first-order valence-corrected chi connectivity index (χ1v) is 6.45. The molecule has 1 N–H and O–H groups in total. The Labute approximate surface area is 116 Å². The van der Waals surface area contributed by atoms with Crippen molar-refractivity contribution in [1.29, 1.82) is 0 Å². The number of benzene rings is 1.